The lowest BCUT2D eigenvalue weighted by Gasteiger charge is -2.26. The van der Waals surface area contributed by atoms with Crippen LogP contribution in [-0.2, 0) is 22.5 Å². The van der Waals surface area contributed by atoms with Crippen LogP contribution in [0, 0.1) is 12.7 Å². The molecule has 1 fully saturated rings. The van der Waals surface area contributed by atoms with Gasteiger partial charge in [0.1, 0.15) is 18.2 Å². The van der Waals surface area contributed by atoms with Gasteiger partial charge in [-0.1, -0.05) is 24.3 Å². The van der Waals surface area contributed by atoms with Gasteiger partial charge in [-0.05, 0) is 53.9 Å². The van der Waals surface area contributed by atoms with Crippen LogP contribution >= 0.6 is 0 Å². The highest BCUT2D eigenvalue weighted by Gasteiger charge is 2.11. The van der Waals surface area contributed by atoms with Gasteiger partial charge in [0.25, 0.3) is 0 Å². The number of pyridine rings is 1. The number of carbonyl (C=O) groups is 1. The van der Waals surface area contributed by atoms with E-state index in [1.54, 1.807) is 12.1 Å². The number of nitrogens with one attached hydrogen (secondary N) is 1. The maximum Gasteiger partial charge on any atom is 0.224 e. The first-order valence-electron chi connectivity index (χ1n) is 11.6. The first kappa shape index (κ1) is 23.9. The van der Waals surface area contributed by atoms with Gasteiger partial charge < -0.3 is 14.8 Å². The Morgan fingerprint density at radius 1 is 1.15 bits per heavy atom. The maximum absolute atomic E-state index is 13.3. The summed E-state index contributed by atoms with van der Waals surface area (Å²) in [5, 5.41) is 2.84. The van der Waals surface area contributed by atoms with E-state index in [-0.39, 0.29) is 18.1 Å². The first-order valence-corrected chi connectivity index (χ1v) is 11.6. The van der Waals surface area contributed by atoms with Crippen molar-refractivity contribution in [3.8, 4) is 16.9 Å². The molecule has 1 N–H and O–H groups in total. The second-order valence-corrected chi connectivity index (χ2v) is 8.40. The summed E-state index contributed by atoms with van der Waals surface area (Å²) in [6.45, 7) is 7.44. The van der Waals surface area contributed by atoms with E-state index < -0.39 is 0 Å². The molecule has 0 unspecified atom stereocenters. The number of ether oxygens (including phenoxy) is 2. The third kappa shape index (κ3) is 6.85. The minimum Gasteiger partial charge on any atom is -0.492 e. The summed E-state index contributed by atoms with van der Waals surface area (Å²) in [7, 11) is 0. The molecular weight excluding hydrogens is 433 g/mol. The molecule has 0 spiro atoms. The molecule has 6 nitrogen and oxygen atoms in total. The predicted molar refractivity (Wildman–Crippen MR) is 129 cm³/mol. The van der Waals surface area contributed by atoms with E-state index in [0.29, 0.717) is 18.7 Å². The molecule has 2 aromatic carbocycles. The Morgan fingerprint density at radius 3 is 2.74 bits per heavy atom. The minimum atomic E-state index is -0.342. The van der Waals surface area contributed by atoms with Gasteiger partial charge in [-0.15, -0.1) is 0 Å². The van der Waals surface area contributed by atoms with E-state index in [1.807, 2.05) is 24.4 Å². The van der Waals surface area contributed by atoms with E-state index in [9.17, 15) is 9.18 Å². The summed E-state index contributed by atoms with van der Waals surface area (Å²) in [4.78, 5) is 19.0. The Morgan fingerprint density at radius 2 is 2.00 bits per heavy atom. The highest BCUT2D eigenvalue weighted by Crippen LogP contribution is 2.26. The second-order valence-electron chi connectivity index (χ2n) is 8.40. The topological polar surface area (TPSA) is 63.7 Å². The molecular formula is C27H30FN3O3. The molecule has 1 amide bonds. The number of hydrogen-bond acceptors (Lipinski definition) is 5. The predicted octanol–water partition coefficient (Wildman–Crippen LogP) is 3.77. The molecule has 1 aliphatic rings. The standard InChI is InChI=1S/C27H30FN3O3/c1-20-15-25(34-14-11-31-9-12-33-13-10-31)7-8-26(20)22-5-6-24(29-18-22)19-30-27(32)17-21-3-2-4-23(28)16-21/h2-8,15-16,18H,9-14,17,19H2,1H3,(H,30,32). The molecule has 2 heterocycles. The van der Waals surface area contributed by atoms with Crippen LogP contribution in [0.4, 0.5) is 4.39 Å². The molecule has 7 heteroatoms. The quantitative estimate of drug-likeness (QED) is 0.524. The van der Waals surface area contributed by atoms with E-state index >= 15 is 0 Å². The van der Waals surface area contributed by atoms with E-state index in [2.05, 4.69) is 34.3 Å². The number of morpholine rings is 1. The highest BCUT2D eigenvalue weighted by molar-refractivity contribution is 5.78. The normalized spacial score (nSPS) is 14.1. The third-order valence-corrected chi connectivity index (χ3v) is 5.83. The average molecular weight is 464 g/mol. The molecule has 0 atom stereocenters. The van der Waals surface area contributed by atoms with Gasteiger partial charge in [-0.2, -0.15) is 0 Å². The number of nitrogens with zero attached hydrogens (tertiary/aromatic N) is 2. The SMILES string of the molecule is Cc1cc(OCCN2CCOCC2)ccc1-c1ccc(CNC(=O)Cc2cccc(F)c2)nc1. The van der Waals surface area contributed by atoms with Crippen molar-refractivity contribution in [3.05, 3.63) is 83.4 Å². The fourth-order valence-corrected chi connectivity index (χ4v) is 3.94. The monoisotopic (exact) mass is 463 g/mol. The zero-order valence-electron chi connectivity index (χ0n) is 19.4. The van der Waals surface area contributed by atoms with Gasteiger partial charge in [0, 0.05) is 31.4 Å². The van der Waals surface area contributed by atoms with Crippen molar-refractivity contribution in [1.82, 2.24) is 15.2 Å². The first-order chi connectivity index (χ1) is 16.6. The zero-order valence-corrected chi connectivity index (χ0v) is 19.4. The summed E-state index contributed by atoms with van der Waals surface area (Å²) in [6.07, 6.45) is 1.95. The van der Waals surface area contributed by atoms with Crippen LogP contribution in [0.3, 0.4) is 0 Å². The fraction of sp³-hybridized carbons (Fsp3) is 0.333. The fourth-order valence-electron chi connectivity index (χ4n) is 3.94. The van der Waals surface area contributed by atoms with Crippen LogP contribution in [0.2, 0.25) is 0 Å². The summed E-state index contributed by atoms with van der Waals surface area (Å²) in [6, 6.07) is 16.1. The van der Waals surface area contributed by atoms with Crippen LogP contribution in [-0.4, -0.2) is 55.2 Å². The van der Waals surface area contributed by atoms with Crippen molar-refractivity contribution in [1.29, 1.82) is 0 Å². The van der Waals surface area contributed by atoms with Crippen molar-refractivity contribution < 1.29 is 18.7 Å². The second kappa shape index (κ2) is 11.7. The Kier molecular flexibility index (Phi) is 8.22. The third-order valence-electron chi connectivity index (χ3n) is 5.83. The van der Waals surface area contributed by atoms with Crippen LogP contribution in [0.1, 0.15) is 16.8 Å². The number of rotatable bonds is 9. The molecule has 0 radical (unpaired) electrons. The number of carbonyl (C=O) groups excluding carboxylic acids is 1. The van der Waals surface area contributed by atoms with Crippen LogP contribution in [0.5, 0.6) is 5.75 Å². The van der Waals surface area contributed by atoms with E-state index in [0.717, 1.165) is 61.0 Å². The minimum absolute atomic E-state index is 0.135. The van der Waals surface area contributed by atoms with Crippen LogP contribution in [0.15, 0.2) is 60.8 Å². The Labute approximate surface area is 199 Å². The lowest BCUT2D eigenvalue weighted by atomic mass is 10.0. The number of aromatic nitrogens is 1. The van der Waals surface area contributed by atoms with Gasteiger partial charge in [0.2, 0.25) is 5.91 Å². The number of hydrogen-bond donors (Lipinski definition) is 1. The van der Waals surface area contributed by atoms with E-state index in [4.69, 9.17) is 9.47 Å². The molecule has 3 aromatic rings. The highest BCUT2D eigenvalue weighted by atomic mass is 19.1. The number of benzene rings is 2. The summed E-state index contributed by atoms with van der Waals surface area (Å²) >= 11 is 0. The molecule has 0 aliphatic carbocycles. The largest absolute Gasteiger partial charge is 0.492 e. The van der Waals surface area contributed by atoms with Crippen molar-refractivity contribution >= 4 is 5.91 Å². The summed E-state index contributed by atoms with van der Waals surface area (Å²) in [5.41, 5.74) is 4.62. The Hall–Kier alpha value is -3.29. The Balaban J connectivity index is 1.27. The summed E-state index contributed by atoms with van der Waals surface area (Å²) < 4.78 is 24.6. The van der Waals surface area contributed by atoms with E-state index in [1.165, 1.54) is 12.1 Å². The lowest BCUT2D eigenvalue weighted by molar-refractivity contribution is -0.120. The van der Waals surface area contributed by atoms with Crippen molar-refractivity contribution in [2.45, 2.75) is 19.9 Å². The van der Waals surface area contributed by atoms with Crippen LogP contribution < -0.4 is 10.1 Å². The average Bonchev–Trinajstić information content (AvgIpc) is 2.84. The number of aryl methyl sites for hydroxylation is 1. The smallest absolute Gasteiger partial charge is 0.224 e. The molecule has 1 aliphatic heterocycles. The molecule has 178 valence electrons. The lowest BCUT2D eigenvalue weighted by Crippen LogP contribution is -2.38. The molecule has 34 heavy (non-hydrogen) atoms. The van der Waals surface area contributed by atoms with Crippen LogP contribution in [0.25, 0.3) is 11.1 Å². The maximum atomic E-state index is 13.3. The molecule has 1 aromatic heterocycles. The van der Waals surface area contributed by atoms with Gasteiger partial charge in [-0.3, -0.25) is 14.7 Å². The number of halogens is 1. The van der Waals surface area contributed by atoms with Gasteiger partial charge in [0.05, 0.1) is 31.9 Å². The van der Waals surface area contributed by atoms with Crippen molar-refractivity contribution in [3.63, 3.8) is 0 Å². The molecule has 0 saturated carbocycles. The molecule has 4 rings (SSSR count). The van der Waals surface area contributed by atoms with Crippen molar-refractivity contribution in [2.24, 2.45) is 0 Å². The zero-order chi connectivity index (χ0) is 23.8. The summed E-state index contributed by atoms with van der Waals surface area (Å²) in [5.74, 6) is 0.349. The number of amides is 1. The van der Waals surface area contributed by atoms with Gasteiger partial charge in [0.15, 0.2) is 0 Å². The van der Waals surface area contributed by atoms with Gasteiger partial charge in [-0.25, -0.2) is 4.39 Å². The van der Waals surface area contributed by atoms with Crippen molar-refractivity contribution in [2.75, 3.05) is 39.5 Å². The van der Waals surface area contributed by atoms with Gasteiger partial charge >= 0.3 is 0 Å². The molecule has 1 saturated heterocycles. The Bertz CT molecular complexity index is 1100. The molecule has 0 bridgehead atoms.